The summed E-state index contributed by atoms with van der Waals surface area (Å²) >= 11 is 1.26. The second kappa shape index (κ2) is 6.79. The highest BCUT2D eigenvalue weighted by atomic mass is 32.1. The highest BCUT2D eigenvalue weighted by Crippen LogP contribution is 2.17. The minimum absolute atomic E-state index is 0.0911. The van der Waals surface area contributed by atoms with E-state index < -0.39 is 0 Å². The molecule has 124 valence electrons. The Labute approximate surface area is 142 Å². The Kier molecular flexibility index (Phi) is 4.57. The van der Waals surface area contributed by atoms with Crippen molar-refractivity contribution < 1.29 is 14.3 Å². The number of pyridine rings is 1. The summed E-state index contributed by atoms with van der Waals surface area (Å²) in [5, 5.41) is 4.85. The first-order valence-electron chi connectivity index (χ1n) is 7.42. The summed E-state index contributed by atoms with van der Waals surface area (Å²) < 4.78 is 6.68. The average Bonchev–Trinajstić information content (AvgIpc) is 3.13. The van der Waals surface area contributed by atoms with Gasteiger partial charge in [0.25, 0.3) is 5.91 Å². The number of carbonyl (C=O) groups excluding carboxylic acids is 2. The van der Waals surface area contributed by atoms with E-state index in [9.17, 15) is 9.59 Å². The maximum Gasteiger partial charge on any atom is 0.311 e. The minimum Gasteiger partial charge on any atom is -0.466 e. The van der Waals surface area contributed by atoms with Crippen LogP contribution < -0.4 is 5.32 Å². The molecule has 3 heterocycles. The van der Waals surface area contributed by atoms with E-state index in [1.54, 1.807) is 22.9 Å². The smallest absolute Gasteiger partial charge is 0.311 e. The van der Waals surface area contributed by atoms with Crippen LogP contribution in [0.1, 0.15) is 28.7 Å². The van der Waals surface area contributed by atoms with Crippen LogP contribution in [0.2, 0.25) is 0 Å². The molecule has 0 radical (unpaired) electrons. The molecule has 0 saturated heterocycles. The Morgan fingerprint density at radius 3 is 2.92 bits per heavy atom. The summed E-state index contributed by atoms with van der Waals surface area (Å²) in [4.78, 5) is 32.2. The van der Waals surface area contributed by atoms with Gasteiger partial charge in [-0.1, -0.05) is 6.07 Å². The van der Waals surface area contributed by atoms with Gasteiger partial charge in [0.15, 0.2) is 5.13 Å². The minimum atomic E-state index is -0.339. The zero-order valence-electron chi connectivity index (χ0n) is 13.3. The van der Waals surface area contributed by atoms with Gasteiger partial charge in [0.1, 0.15) is 11.3 Å². The molecule has 7 nitrogen and oxygen atoms in total. The van der Waals surface area contributed by atoms with Gasteiger partial charge in [0.2, 0.25) is 0 Å². The van der Waals surface area contributed by atoms with Crippen molar-refractivity contribution in [3.05, 3.63) is 46.9 Å². The summed E-state index contributed by atoms with van der Waals surface area (Å²) in [6, 6.07) is 3.79. The fourth-order valence-electron chi connectivity index (χ4n) is 2.18. The fraction of sp³-hybridized carbons (Fsp3) is 0.250. The van der Waals surface area contributed by atoms with Crippen LogP contribution in [0.5, 0.6) is 0 Å². The number of ether oxygens (including phenoxy) is 1. The predicted octanol–water partition coefficient (Wildman–Crippen LogP) is 2.46. The third-order valence-electron chi connectivity index (χ3n) is 3.23. The maximum absolute atomic E-state index is 12.3. The van der Waals surface area contributed by atoms with Gasteiger partial charge in [0.05, 0.1) is 18.7 Å². The van der Waals surface area contributed by atoms with Crippen molar-refractivity contribution in [1.29, 1.82) is 0 Å². The van der Waals surface area contributed by atoms with Gasteiger partial charge < -0.3 is 9.14 Å². The normalized spacial score (nSPS) is 10.8. The van der Waals surface area contributed by atoms with Crippen molar-refractivity contribution in [3.63, 3.8) is 0 Å². The van der Waals surface area contributed by atoms with E-state index in [0.717, 1.165) is 5.56 Å². The number of esters is 1. The van der Waals surface area contributed by atoms with Gasteiger partial charge in [-0.05, 0) is 25.5 Å². The van der Waals surface area contributed by atoms with Crippen LogP contribution in [-0.2, 0) is 16.0 Å². The van der Waals surface area contributed by atoms with Gasteiger partial charge in [-0.15, -0.1) is 11.3 Å². The number of hydrogen-bond donors (Lipinski definition) is 1. The molecule has 1 amide bonds. The largest absolute Gasteiger partial charge is 0.466 e. The van der Waals surface area contributed by atoms with Gasteiger partial charge in [0, 0.05) is 17.8 Å². The molecule has 0 bridgehead atoms. The number of aromatic nitrogens is 3. The number of nitrogens with one attached hydrogen (secondary N) is 1. The summed E-state index contributed by atoms with van der Waals surface area (Å²) in [5.74, 6) is -0.676. The molecular weight excluding hydrogens is 328 g/mol. The van der Waals surface area contributed by atoms with Crippen molar-refractivity contribution in [2.24, 2.45) is 0 Å². The fourth-order valence-corrected chi connectivity index (χ4v) is 2.88. The van der Waals surface area contributed by atoms with E-state index in [0.29, 0.717) is 28.8 Å². The number of rotatable bonds is 5. The number of carbonyl (C=O) groups is 2. The molecule has 0 aliphatic rings. The van der Waals surface area contributed by atoms with Crippen LogP contribution in [0.15, 0.2) is 29.9 Å². The Morgan fingerprint density at radius 1 is 1.29 bits per heavy atom. The molecule has 0 saturated carbocycles. The molecule has 8 heteroatoms. The Bertz CT molecular complexity index is 900. The maximum atomic E-state index is 12.3. The van der Waals surface area contributed by atoms with Crippen LogP contribution in [-0.4, -0.2) is 32.9 Å². The number of hydrogen-bond acceptors (Lipinski definition) is 6. The van der Waals surface area contributed by atoms with E-state index in [2.05, 4.69) is 15.3 Å². The SMILES string of the molecule is CCOC(=O)Cc1csc(NC(=O)c2cn3cc(C)ccc3n2)n1. The molecule has 1 N–H and O–H groups in total. The van der Waals surface area contributed by atoms with Crippen LogP contribution in [0.25, 0.3) is 5.65 Å². The molecule has 3 aromatic heterocycles. The highest BCUT2D eigenvalue weighted by Gasteiger charge is 2.14. The number of aryl methyl sites for hydroxylation is 1. The Balaban J connectivity index is 1.69. The number of amides is 1. The lowest BCUT2D eigenvalue weighted by molar-refractivity contribution is -0.142. The second-order valence-corrected chi connectivity index (χ2v) is 6.04. The Morgan fingerprint density at radius 2 is 2.12 bits per heavy atom. The topological polar surface area (TPSA) is 85.6 Å². The van der Waals surface area contributed by atoms with Crippen molar-refractivity contribution in [2.45, 2.75) is 20.3 Å². The highest BCUT2D eigenvalue weighted by molar-refractivity contribution is 7.14. The molecule has 0 aliphatic heterocycles. The average molecular weight is 344 g/mol. The van der Waals surface area contributed by atoms with Crippen LogP contribution >= 0.6 is 11.3 Å². The zero-order chi connectivity index (χ0) is 17.1. The first-order valence-corrected chi connectivity index (χ1v) is 8.30. The van der Waals surface area contributed by atoms with E-state index in [-0.39, 0.29) is 18.3 Å². The number of imidazole rings is 1. The number of thiazole rings is 1. The van der Waals surface area contributed by atoms with Crippen LogP contribution in [0.4, 0.5) is 5.13 Å². The third-order valence-corrected chi connectivity index (χ3v) is 4.04. The van der Waals surface area contributed by atoms with Crippen molar-refractivity contribution in [3.8, 4) is 0 Å². The molecule has 3 rings (SSSR count). The molecule has 0 aliphatic carbocycles. The molecule has 0 fully saturated rings. The van der Waals surface area contributed by atoms with E-state index >= 15 is 0 Å². The van der Waals surface area contributed by atoms with Gasteiger partial charge in [-0.3, -0.25) is 14.9 Å². The van der Waals surface area contributed by atoms with Gasteiger partial charge in [-0.25, -0.2) is 9.97 Å². The van der Waals surface area contributed by atoms with E-state index in [4.69, 9.17) is 4.74 Å². The molecule has 0 atom stereocenters. The summed E-state index contributed by atoms with van der Waals surface area (Å²) in [7, 11) is 0. The number of nitrogens with zero attached hydrogens (tertiary/aromatic N) is 3. The molecule has 0 unspecified atom stereocenters. The Hall–Kier alpha value is -2.74. The standard InChI is InChI=1S/C16H16N4O3S/c1-3-23-14(21)6-11-9-24-16(17-11)19-15(22)12-8-20-7-10(2)4-5-13(20)18-12/h4-5,7-9H,3,6H2,1-2H3,(H,17,19,22). The van der Waals surface area contributed by atoms with Crippen molar-refractivity contribution in [1.82, 2.24) is 14.4 Å². The number of anilines is 1. The number of fused-ring (bicyclic) bond motifs is 1. The lowest BCUT2D eigenvalue weighted by Crippen LogP contribution is -2.12. The predicted molar refractivity (Wildman–Crippen MR) is 90.3 cm³/mol. The van der Waals surface area contributed by atoms with Crippen LogP contribution in [0.3, 0.4) is 0 Å². The second-order valence-electron chi connectivity index (χ2n) is 5.18. The quantitative estimate of drug-likeness (QED) is 0.719. The lowest BCUT2D eigenvalue weighted by Gasteiger charge is -1.99. The first-order chi connectivity index (χ1) is 11.5. The summed E-state index contributed by atoms with van der Waals surface area (Å²) in [6.45, 7) is 4.06. The molecule has 0 spiro atoms. The molecular formula is C16H16N4O3S. The first kappa shape index (κ1) is 16.1. The molecule has 0 aromatic carbocycles. The molecule has 24 heavy (non-hydrogen) atoms. The monoisotopic (exact) mass is 344 g/mol. The van der Waals surface area contributed by atoms with E-state index in [1.165, 1.54) is 11.3 Å². The summed E-state index contributed by atoms with van der Waals surface area (Å²) in [5.41, 5.74) is 2.66. The summed E-state index contributed by atoms with van der Waals surface area (Å²) in [6.07, 6.45) is 3.67. The third kappa shape index (κ3) is 3.60. The van der Waals surface area contributed by atoms with Crippen molar-refractivity contribution >= 4 is 34.0 Å². The van der Waals surface area contributed by atoms with Gasteiger partial charge in [-0.2, -0.15) is 0 Å². The lowest BCUT2D eigenvalue weighted by atomic mass is 10.3. The van der Waals surface area contributed by atoms with Crippen LogP contribution in [0, 0.1) is 6.92 Å². The molecule has 3 aromatic rings. The zero-order valence-corrected chi connectivity index (χ0v) is 14.1. The van der Waals surface area contributed by atoms with E-state index in [1.807, 2.05) is 25.3 Å². The van der Waals surface area contributed by atoms with Crippen molar-refractivity contribution in [2.75, 3.05) is 11.9 Å². The van der Waals surface area contributed by atoms with Gasteiger partial charge >= 0.3 is 5.97 Å².